The van der Waals surface area contributed by atoms with Crippen LogP contribution in [0.25, 0.3) is 0 Å². The van der Waals surface area contributed by atoms with Crippen molar-refractivity contribution in [2.24, 2.45) is 5.92 Å². The van der Waals surface area contributed by atoms with Gasteiger partial charge in [-0.05, 0) is 37.6 Å². The van der Waals surface area contributed by atoms with Crippen LogP contribution in [-0.4, -0.2) is 26.7 Å². The highest BCUT2D eigenvalue weighted by Crippen LogP contribution is 2.18. The summed E-state index contributed by atoms with van der Waals surface area (Å²) in [5, 5.41) is 3.24. The number of hydrogen-bond acceptors (Lipinski definition) is 2. The van der Waals surface area contributed by atoms with Crippen LogP contribution in [0, 0.1) is 11.7 Å². The summed E-state index contributed by atoms with van der Waals surface area (Å²) in [6, 6.07) is 6.94. The standard InChI is InChI=1S/C12H17FN2/c1-15(7-6-10-8-14-9-10)12-5-3-2-4-11(12)13/h2-5,10,14H,6-9H2,1H3. The fourth-order valence-corrected chi connectivity index (χ4v) is 1.81. The molecule has 1 aliphatic heterocycles. The van der Waals surface area contributed by atoms with E-state index in [0.717, 1.165) is 32.0 Å². The van der Waals surface area contributed by atoms with Gasteiger partial charge >= 0.3 is 0 Å². The van der Waals surface area contributed by atoms with Gasteiger partial charge in [0.1, 0.15) is 5.82 Å². The molecule has 0 radical (unpaired) electrons. The first-order chi connectivity index (χ1) is 7.27. The first kappa shape index (κ1) is 10.4. The Bertz CT molecular complexity index is 323. The zero-order chi connectivity index (χ0) is 10.7. The van der Waals surface area contributed by atoms with E-state index in [1.54, 1.807) is 6.07 Å². The van der Waals surface area contributed by atoms with Crippen molar-refractivity contribution in [1.82, 2.24) is 5.32 Å². The summed E-state index contributed by atoms with van der Waals surface area (Å²) in [5.74, 6) is 0.644. The zero-order valence-corrected chi connectivity index (χ0v) is 9.04. The number of nitrogens with zero attached hydrogens (tertiary/aromatic N) is 1. The molecule has 82 valence electrons. The van der Waals surface area contributed by atoms with Gasteiger partial charge in [0, 0.05) is 13.6 Å². The molecule has 0 spiro atoms. The number of benzene rings is 1. The maximum atomic E-state index is 13.4. The molecule has 2 nitrogen and oxygen atoms in total. The molecule has 0 amide bonds. The van der Waals surface area contributed by atoms with E-state index >= 15 is 0 Å². The van der Waals surface area contributed by atoms with Crippen LogP contribution in [0.1, 0.15) is 6.42 Å². The Kier molecular flexibility index (Phi) is 3.21. The highest BCUT2D eigenvalue weighted by molar-refractivity contribution is 5.46. The Hall–Kier alpha value is -1.09. The Labute approximate surface area is 90.1 Å². The summed E-state index contributed by atoms with van der Waals surface area (Å²) in [5.41, 5.74) is 0.699. The van der Waals surface area contributed by atoms with Crippen LogP contribution in [0.3, 0.4) is 0 Å². The Morgan fingerprint density at radius 1 is 1.40 bits per heavy atom. The van der Waals surface area contributed by atoms with E-state index in [9.17, 15) is 4.39 Å². The molecule has 0 unspecified atom stereocenters. The average molecular weight is 208 g/mol. The number of hydrogen-bond donors (Lipinski definition) is 1. The van der Waals surface area contributed by atoms with Crippen molar-refractivity contribution in [3.63, 3.8) is 0 Å². The predicted octanol–water partition coefficient (Wildman–Crippen LogP) is 1.87. The van der Waals surface area contributed by atoms with Crippen LogP contribution in [-0.2, 0) is 0 Å². The van der Waals surface area contributed by atoms with Crippen molar-refractivity contribution in [2.45, 2.75) is 6.42 Å². The molecule has 0 saturated carbocycles. The van der Waals surface area contributed by atoms with Crippen LogP contribution in [0.2, 0.25) is 0 Å². The molecule has 1 aliphatic rings. The first-order valence-corrected chi connectivity index (χ1v) is 5.44. The predicted molar refractivity (Wildman–Crippen MR) is 60.6 cm³/mol. The number of rotatable bonds is 4. The van der Waals surface area contributed by atoms with Crippen molar-refractivity contribution < 1.29 is 4.39 Å². The second-order valence-electron chi connectivity index (χ2n) is 4.19. The third kappa shape index (κ3) is 2.48. The van der Waals surface area contributed by atoms with Gasteiger partial charge in [0.05, 0.1) is 5.69 Å². The number of nitrogens with one attached hydrogen (secondary N) is 1. The molecule has 2 rings (SSSR count). The third-order valence-corrected chi connectivity index (χ3v) is 3.00. The molecule has 15 heavy (non-hydrogen) atoms. The third-order valence-electron chi connectivity index (χ3n) is 3.00. The normalized spacial score (nSPS) is 16.1. The summed E-state index contributed by atoms with van der Waals surface area (Å²) >= 11 is 0. The van der Waals surface area contributed by atoms with Crippen LogP contribution >= 0.6 is 0 Å². The van der Waals surface area contributed by atoms with Gasteiger partial charge in [0.2, 0.25) is 0 Å². The molecule has 1 N–H and O–H groups in total. The van der Waals surface area contributed by atoms with E-state index in [2.05, 4.69) is 5.32 Å². The Morgan fingerprint density at radius 2 is 2.13 bits per heavy atom. The van der Waals surface area contributed by atoms with Gasteiger partial charge in [-0.25, -0.2) is 4.39 Å². The van der Waals surface area contributed by atoms with Crippen molar-refractivity contribution in [3.8, 4) is 0 Å². The van der Waals surface area contributed by atoms with Crippen molar-refractivity contribution in [2.75, 3.05) is 31.6 Å². The lowest BCUT2D eigenvalue weighted by molar-refractivity contribution is 0.330. The van der Waals surface area contributed by atoms with Crippen molar-refractivity contribution >= 4 is 5.69 Å². The molecule has 0 aliphatic carbocycles. The molecule has 0 aromatic heterocycles. The number of halogens is 1. The van der Waals surface area contributed by atoms with Crippen molar-refractivity contribution in [3.05, 3.63) is 30.1 Å². The number of para-hydroxylation sites is 1. The van der Waals surface area contributed by atoms with Gasteiger partial charge in [-0.1, -0.05) is 12.1 Å². The summed E-state index contributed by atoms with van der Waals surface area (Å²) in [6.45, 7) is 3.16. The molecule has 0 bridgehead atoms. The highest BCUT2D eigenvalue weighted by atomic mass is 19.1. The fourth-order valence-electron chi connectivity index (χ4n) is 1.81. The molecule has 0 atom stereocenters. The van der Waals surface area contributed by atoms with Crippen molar-refractivity contribution in [1.29, 1.82) is 0 Å². The first-order valence-electron chi connectivity index (χ1n) is 5.44. The van der Waals surface area contributed by atoms with Crippen LogP contribution in [0.15, 0.2) is 24.3 Å². The van der Waals surface area contributed by atoms with Gasteiger partial charge in [-0.15, -0.1) is 0 Å². The van der Waals surface area contributed by atoms with Gasteiger partial charge in [-0.3, -0.25) is 0 Å². The maximum absolute atomic E-state index is 13.4. The average Bonchev–Trinajstić information content (AvgIpc) is 2.16. The smallest absolute Gasteiger partial charge is 0.146 e. The lowest BCUT2D eigenvalue weighted by Gasteiger charge is -2.29. The Balaban J connectivity index is 1.89. The van der Waals surface area contributed by atoms with Gasteiger partial charge < -0.3 is 10.2 Å². The van der Waals surface area contributed by atoms with Gasteiger partial charge in [0.25, 0.3) is 0 Å². The van der Waals surface area contributed by atoms with E-state index in [1.165, 1.54) is 6.07 Å². The molecular weight excluding hydrogens is 191 g/mol. The second-order valence-corrected chi connectivity index (χ2v) is 4.19. The molecule has 1 aromatic rings. The monoisotopic (exact) mass is 208 g/mol. The molecule has 3 heteroatoms. The summed E-state index contributed by atoms with van der Waals surface area (Å²) in [4.78, 5) is 1.99. The lowest BCUT2D eigenvalue weighted by Crippen LogP contribution is -2.43. The van der Waals surface area contributed by atoms with Crippen LogP contribution < -0.4 is 10.2 Å². The molecular formula is C12H17FN2. The molecule has 1 saturated heterocycles. The molecule has 1 aromatic carbocycles. The quantitative estimate of drug-likeness (QED) is 0.812. The summed E-state index contributed by atoms with van der Waals surface area (Å²) in [6.07, 6.45) is 1.14. The highest BCUT2D eigenvalue weighted by Gasteiger charge is 2.17. The topological polar surface area (TPSA) is 15.3 Å². The van der Waals surface area contributed by atoms with Crippen LogP contribution in [0.5, 0.6) is 0 Å². The van der Waals surface area contributed by atoms with E-state index in [-0.39, 0.29) is 5.82 Å². The number of anilines is 1. The maximum Gasteiger partial charge on any atom is 0.146 e. The fraction of sp³-hybridized carbons (Fsp3) is 0.500. The largest absolute Gasteiger partial charge is 0.372 e. The second kappa shape index (κ2) is 4.62. The summed E-state index contributed by atoms with van der Waals surface area (Å²) in [7, 11) is 1.95. The molecule has 1 heterocycles. The van der Waals surface area contributed by atoms with E-state index in [0.29, 0.717) is 5.69 Å². The zero-order valence-electron chi connectivity index (χ0n) is 9.04. The van der Waals surface area contributed by atoms with Gasteiger partial charge in [0.15, 0.2) is 0 Å². The van der Waals surface area contributed by atoms with Crippen LogP contribution in [0.4, 0.5) is 10.1 Å². The molecule has 1 fully saturated rings. The van der Waals surface area contributed by atoms with E-state index < -0.39 is 0 Å². The summed E-state index contributed by atoms with van der Waals surface area (Å²) < 4.78 is 13.4. The SMILES string of the molecule is CN(CCC1CNC1)c1ccccc1F. The minimum Gasteiger partial charge on any atom is -0.372 e. The van der Waals surface area contributed by atoms with E-state index in [4.69, 9.17) is 0 Å². The van der Waals surface area contributed by atoms with Gasteiger partial charge in [-0.2, -0.15) is 0 Å². The van der Waals surface area contributed by atoms with E-state index in [1.807, 2.05) is 24.1 Å². The minimum atomic E-state index is -0.133. The lowest BCUT2D eigenvalue weighted by atomic mass is 9.99. The Morgan fingerprint density at radius 3 is 2.73 bits per heavy atom. The minimum absolute atomic E-state index is 0.133.